The van der Waals surface area contributed by atoms with Crippen molar-refractivity contribution in [2.45, 2.75) is 6.42 Å². The molecule has 0 aromatic carbocycles. The minimum Gasteiger partial charge on any atom is -0.379 e. The number of hydrogen-bond acceptors (Lipinski definition) is 4. The highest BCUT2D eigenvalue weighted by atomic mass is 127. The Morgan fingerprint density at radius 3 is 2.65 bits per heavy atom. The zero-order chi connectivity index (χ0) is 16.2. The number of ether oxygens (including phenoxy) is 1. The van der Waals surface area contributed by atoms with E-state index in [4.69, 9.17) is 4.74 Å². The van der Waals surface area contributed by atoms with E-state index in [1.165, 1.54) is 4.90 Å². The van der Waals surface area contributed by atoms with Gasteiger partial charge in [0.15, 0.2) is 5.96 Å². The van der Waals surface area contributed by atoms with Crippen LogP contribution in [0.15, 0.2) is 17.6 Å². The van der Waals surface area contributed by atoms with Gasteiger partial charge in [-0.1, -0.05) is 6.08 Å². The van der Waals surface area contributed by atoms with Crippen molar-refractivity contribution in [3.8, 4) is 0 Å². The Bertz CT molecular complexity index is 371. The minimum atomic E-state index is -0.0204. The van der Waals surface area contributed by atoms with E-state index < -0.39 is 0 Å². The first-order valence-corrected chi connectivity index (χ1v) is 7.77. The van der Waals surface area contributed by atoms with Gasteiger partial charge in [-0.2, -0.15) is 0 Å². The molecule has 0 unspecified atom stereocenters. The lowest BCUT2D eigenvalue weighted by Gasteiger charge is -2.26. The van der Waals surface area contributed by atoms with Gasteiger partial charge in [-0.25, -0.2) is 4.99 Å². The molecule has 8 heteroatoms. The van der Waals surface area contributed by atoms with Crippen molar-refractivity contribution < 1.29 is 9.53 Å². The summed E-state index contributed by atoms with van der Waals surface area (Å²) in [7, 11) is 3.45. The molecule has 1 saturated heterocycles. The number of morpholine rings is 1. The number of carbonyl (C=O) groups is 1. The summed E-state index contributed by atoms with van der Waals surface area (Å²) in [5.41, 5.74) is 0. The fourth-order valence-corrected chi connectivity index (χ4v) is 1.97. The lowest BCUT2D eigenvalue weighted by Crippen LogP contribution is -2.41. The van der Waals surface area contributed by atoms with Crippen LogP contribution in [0.3, 0.4) is 0 Å². The summed E-state index contributed by atoms with van der Waals surface area (Å²) in [6, 6.07) is 0. The standard InChI is InChI=1S/C15H29N5O2.HI/c1-4-6-16-15(18-13-14(21)19(2)3)17-7-5-8-20-9-11-22-12-10-20;/h4H,1,5-13H2,2-3H3,(H2,16,17,18);1H. The highest BCUT2D eigenvalue weighted by Gasteiger charge is 2.09. The molecule has 0 aromatic rings. The Morgan fingerprint density at radius 1 is 1.35 bits per heavy atom. The predicted molar refractivity (Wildman–Crippen MR) is 104 cm³/mol. The van der Waals surface area contributed by atoms with Crippen molar-refractivity contribution >= 4 is 35.8 Å². The van der Waals surface area contributed by atoms with E-state index in [1.807, 2.05) is 0 Å². The van der Waals surface area contributed by atoms with Gasteiger partial charge in [-0.3, -0.25) is 9.69 Å². The van der Waals surface area contributed by atoms with Crippen LogP contribution in [0.1, 0.15) is 6.42 Å². The second-order valence-electron chi connectivity index (χ2n) is 5.36. The first-order chi connectivity index (χ1) is 10.6. The van der Waals surface area contributed by atoms with E-state index in [-0.39, 0.29) is 36.4 Å². The number of nitrogens with one attached hydrogen (secondary N) is 2. The maximum Gasteiger partial charge on any atom is 0.243 e. The molecular weight excluding hydrogens is 409 g/mol. The van der Waals surface area contributed by atoms with Gasteiger partial charge in [0.05, 0.1) is 13.2 Å². The fourth-order valence-electron chi connectivity index (χ4n) is 1.97. The van der Waals surface area contributed by atoms with Crippen LogP contribution in [0.5, 0.6) is 0 Å². The van der Waals surface area contributed by atoms with Gasteiger partial charge in [-0.15, -0.1) is 30.6 Å². The van der Waals surface area contributed by atoms with Gasteiger partial charge in [0.1, 0.15) is 6.54 Å². The first kappa shape index (κ1) is 22.1. The fraction of sp³-hybridized carbons (Fsp3) is 0.733. The van der Waals surface area contributed by atoms with Crippen LogP contribution in [0.25, 0.3) is 0 Å². The molecule has 23 heavy (non-hydrogen) atoms. The number of guanidine groups is 1. The molecule has 0 bridgehead atoms. The second-order valence-corrected chi connectivity index (χ2v) is 5.36. The van der Waals surface area contributed by atoms with Crippen LogP contribution in [0.4, 0.5) is 0 Å². The largest absolute Gasteiger partial charge is 0.379 e. The van der Waals surface area contributed by atoms with E-state index in [0.29, 0.717) is 12.5 Å². The Balaban J connectivity index is 0.00000484. The summed E-state index contributed by atoms with van der Waals surface area (Å²) in [5.74, 6) is 0.630. The summed E-state index contributed by atoms with van der Waals surface area (Å²) in [4.78, 5) is 19.8. The molecule has 0 atom stereocenters. The van der Waals surface area contributed by atoms with Gasteiger partial charge < -0.3 is 20.3 Å². The summed E-state index contributed by atoms with van der Waals surface area (Å²) < 4.78 is 5.33. The Kier molecular flexibility index (Phi) is 13.0. The van der Waals surface area contributed by atoms with Gasteiger partial charge >= 0.3 is 0 Å². The third-order valence-corrected chi connectivity index (χ3v) is 3.33. The van der Waals surface area contributed by atoms with E-state index in [9.17, 15) is 4.79 Å². The predicted octanol–water partition coefficient (Wildman–Crippen LogP) is 0.136. The number of amides is 1. The van der Waals surface area contributed by atoms with Crippen molar-refractivity contribution in [2.75, 3.05) is 66.6 Å². The number of hydrogen-bond donors (Lipinski definition) is 2. The minimum absolute atomic E-state index is 0. The van der Waals surface area contributed by atoms with Crippen molar-refractivity contribution in [1.29, 1.82) is 0 Å². The molecule has 0 saturated carbocycles. The van der Waals surface area contributed by atoms with Gasteiger partial charge in [0.25, 0.3) is 0 Å². The smallest absolute Gasteiger partial charge is 0.243 e. The highest BCUT2D eigenvalue weighted by molar-refractivity contribution is 14.0. The van der Waals surface area contributed by atoms with E-state index in [2.05, 4.69) is 27.1 Å². The third kappa shape index (κ3) is 10.5. The van der Waals surface area contributed by atoms with E-state index in [0.717, 1.165) is 45.8 Å². The van der Waals surface area contributed by atoms with Crippen molar-refractivity contribution in [2.24, 2.45) is 4.99 Å². The van der Waals surface area contributed by atoms with E-state index in [1.54, 1.807) is 20.2 Å². The van der Waals surface area contributed by atoms with Crippen LogP contribution >= 0.6 is 24.0 Å². The van der Waals surface area contributed by atoms with Crippen molar-refractivity contribution in [3.63, 3.8) is 0 Å². The topological polar surface area (TPSA) is 69.2 Å². The zero-order valence-electron chi connectivity index (χ0n) is 14.2. The number of aliphatic imine (C=N–C) groups is 1. The van der Waals surface area contributed by atoms with Crippen LogP contribution < -0.4 is 10.6 Å². The molecule has 1 aliphatic heterocycles. The quantitative estimate of drug-likeness (QED) is 0.185. The SMILES string of the molecule is C=CCNC(=NCC(=O)N(C)C)NCCCN1CCOCC1.I. The average molecular weight is 439 g/mol. The third-order valence-electron chi connectivity index (χ3n) is 3.33. The number of likely N-dealkylation sites (N-methyl/N-ethyl adjacent to an activating group) is 1. The molecule has 1 rings (SSSR count). The monoisotopic (exact) mass is 439 g/mol. The number of carbonyl (C=O) groups excluding carboxylic acids is 1. The first-order valence-electron chi connectivity index (χ1n) is 7.77. The molecule has 0 aliphatic carbocycles. The average Bonchev–Trinajstić information content (AvgIpc) is 2.53. The van der Waals surface area contributed by atoms with Crippen molar-refractivity contribution in [1.82, 2.24) is 20.4 Å². The molecule has 0 radical (unpaired) electrons. The number of nitrogens with zero attached hydrogens (tertiary/aromatic N) is 3. The maximum absolute atomic E-state index is 11.6. The summed E-state index contributed by atoms with van der Waals surface area (Å²) in [6.45, 7) is 9.96. The molecule has 1 heterocycles. The van der Waals surface area contributed by atoms with Crippen LogP contribution in [0, 0.1) is 0 Å². The Morgan fingerprint density at radius 2 is 2.04 bits per heavy atom. The van der Waals surface area contributed by atoms with Crippen molar-refractivity contribution in [3.05, 3.63) is 12.7 Å². The highest BCUT2D eigenvalue weighted by Crippen LogP contribution is 1.97. The number of halogens is 1. The van der Waals surface area contributed by atoms with Gasteiger partial charge in [0.2, 0.25) is 5.91 Å². The lowest BCUT2D eigenvalue weighted by atomic mass is 10.3. The molecule has 2 N–H and O–H groups in total. The summed E-state index contributed by atoms with van der Waals surface area (Å²) >= 11 is 0. The van der Waals surface area contributed by atoms with E-state index >= 15 is 0 Å². The second kappa shape index (κ2) is 13.6. The molecule has 1 fully saturated rings. The van der Waals surface area contributed by atoms with Gasteiger partial charge in [-0.05, 0) is 13.0 Å². The van der Waals surface area contributed by atoms with Crippen LogP contribution in [-0.4, -0.2) is 88.2 Å². The molecule has 7 nitrogen and oxygen atoms in total. The molecular formula is C15H30IN5O2. The Hall–Kier alpha value is -0.870. The maximum atomic E-state index is 11.6. The van der Waals surface area contributed by atoms with Crippen LogP contribution in [-0.2, 0) is 9.53 Å². The number of rotatable bonds is 8. The summed E-state index contributed by atoms with van der Waals surface area (Å²) in [6.07, 6.45) is 2.79. The molecule has 1 aliphatic rings. The molecule has 1 amide bonds. The molecule has 134 valence electrons. The van der Waals surface area contributed by atoms with Gasteiger partial charge in [0, 0.05) is 40.3 Å². The zero-order valence-corrected chi connectivity index (χ0v) is 16.5. The summed E-state index contributed by atoms with van der Waals surface area (Å²) in [5, 5.41) is 6.37. The molecule has 0 spiro atoms. The lowest BCUT2D eigenvalue weighted by molar-refractivity contribution is -0.127. The normalized spacial score (nSPS) is 15.5. The molecule has 0 aromatic heterocycles. The van der Waals surface area contributed by atoms with Crippen LogP contribution in [0.2, 0.25) is 0 Å². The Labute approximate surface area is 156 Å².